The molecule has 2 fully saturated rings. The van der Waals surface area contributed by atoms with Crippen LogP contribution in [0.25, 0.3) is 22.0 Å². The predicted octanol–water partition coefficient (Wildman–Crippen LogP) is 4.86. The van der Waals surface area contributed by atoms with Crippen LogP contribution in [0.1, 0.15) is 92.3 Å². The Morgan fingerprint density at radius 2 is 1.71 bits per heavy atom. The highest BCUT2D eigenvalue weighted by Gasteiger charge is 2.67. The van der Waals surface area contributed by atoms with E-state index in [1.54, 1.807) is 22.0 Å². The molecule has 2 aliphatic heterocycles. The monoisotopic (exact) mass is 661 g/mol. The Hall–Kier alpha value is -4.93. The molecule has 1 aliphatic carbocycles. The predicted molar refractivity (Wildman–Crippen MR) is 184 cm³/mol. The minimum Gasteiger partial charge on any atom is -0.355 e. The number of nitrogens with zero attached hydrogens (tertiary/aromatic N) is 5. The van der Waals surface area contributed by atoms with Gasteiger partial charge in [-0.1, -0.05) is 43.2 Å². The number of piperidine rings is 1. The first kappa shape index (κ1) is 32.6. The molecule has 11 heteroatoms. The second kappa shape index (κ2) is 13.2. The van der Waals surface area contributed by atoms with Gasteiger partial charge in [0.05, 0.1) is 11.6 Å². The lowest BCUT2D eigenvalue weighted by atomic mass is 9.96. The Balaban J connectivity index is 1.27. The number of ketones is 1. The van der Waals surface area contributed by atoms with Crippen molar-refractivity contribution in [2.24, 2.45) is 5.41 Å². The van der Waals surface area contributed by atoms with E-state index >= 15 is 0 Å². The summed E-state index contributed by atoms with van der Waals surface area (Å²) >= 11 is 0. The van der Waals surface area contributed by atoms with Crippen molar-refractivity contribution in [1.29, 1.82) is 0 Å². The van der Waals surface area contributed by atoms with Crippen LogP contribution in [0.4, 0.5) is 0 Å². The van der Waals surface area contributed by atoms with E-state index in [4.69, 9.17) is 5.10 Å². The minimum absolute atomic E-state index is 0.0134. The average Bonchev–Trinajstić information content (AvgIpc) is 3.50. The van der Waals surface area contributed by atoms with Crippen molar-refractivity contribution in [2.75, 3.05) is 6.54 Å². The number of benzene rings is 2. The van der Waals surface area contributed by atoms with Gasteiger partial charge in [0.1, 0.15) is 24.1 Å². The lowest BCUT2D eigenvalue weighted by Crippen LogP contribution is -2.49. The van der Waals surface area contributed by atoms with Gasteiger partial charge < -0.3 is 15.5 Å². The summed E-state index contributed by atoms with van der Waals surface area (Å²) in [5.74, 6) is 0.0549. The largest absolute Gasteiger partial charge is 0.355 e. The highest BCUT2D eigenvalue weighted by molar-refractivity contribution is 6.07. The molecule has 2 aromatic heterocycles. The fourth-order valence-corrected chi connectivity index (χ4v) is 7.81. The summed E-state index contributed by atoms with van der Waals surface area (Å²) in [6.45, 7) is 5.60. The number of carbonyl (C=O) groups is 4. The summed E-state index contributed by atoms with van der Waals surface area (Å²) in [7, 11) is 0. The zero-order valence-electron chi connectivity index (χ0n) is 28.4. The van der Waals surface area contributed by atoms with E-state index in [9.17, 15) is 19.2 Å². The first-order valence-corrected chi connectivity index (χ1v) is 17.4. The van der Waals surface area contributed by atoms with Crippen molar-refractivity contribution in [3.63, 3.8) is 0 Å². The Morgan fingerprint density at radius 3 is 2.45 bits per heavy atom. The Morgan fingerprint density at radius 1 is 0.980 bits per heavy atom. The Kier molecular flexibility index (Phi) is 8.77. The van der Waals surface area contributed by atoms with Gasteiger partial charge in [-0.05, 0) is 74.8 Å². The number of hydrogen-bond acceptors (Lipinski definition) is 7. The zero-order valence-corrected chi connectivity index (χ0v) is 28.4. The maximum absolute atomic E-state index is 14.4. The topological polar surface area (TPSA) is 139 Å². The van der Waals surface area contributed by atoms with Gasteiger partial charge in [0.15, 0.2) is 5.78 Å². The molecular weight excluding hydrogens is 618 g/mol. The molecule has 2 aromatic carbocycles. The van der Waals surface area contributed by atoms with Crippen molar-refractivity contribution >= 4 is 34.4 Å². The van der Waals surface area contributed by atoms with Crippen LogP contribution in [0.5, 0.6) is 0 Å². The zero-order chi connectivity index (χ0) is 34.3. The number of hydrogen-bond donors (Lipinski definition) is 2. The van der Waals surface area contributed by atoms with Crippen LogP contribution in [0.3, 0.4) is 0 Å². The van der Waals surface area contributed by atoms with Crippen molar-refractivity contribution in [3.8, 4) is 11.1 Å². The number of rotatable bonds is 5. The first-order valence-electron chi connectivity index (χ1n) is 17.4. The summed E-state index contributed by atoms with van der Waals surface area (Å²) in [6.07, 6.45) is 9.43. The molecule has 4 atom stereocenters. The maximum atomic E-state index is 14.4. The standard InChI is InChI=1S/C38H43N7O4/c1-23(26-11-8-6-9-12-26)42-37(49)31-17-38-18-32(38)45(31)34(48)21-44-36-27(13-7-4-5-10-14-33(47)41-22-38)15-28(29-19-39-25(3)40-20-29)16-30(36)35(43-44)24(2)46/h6,8-9,11-12,15-16,19-20,23,31-32H,4-5,7,10,13-14,17-18,21-22H2,1-3H3,(H,41,47)(H,42,49)/t23-,31-,32+,38-/m0/s1. The number of aryl methyl sites for hydroxylation is 2. The van der Waals surface area contributed by atoms with E-state index in [0.29, 0.717) is 42.7 Å². The van der Waals surface area contributed by atoms with Crippen LogP contribution in [0.15, 0.2) is 54.9 Å². The van der Waals surface area contributed by atoms with E-state index in [2.05, 4.69) is 26.7 Å². The van der Waals surface area contributed by atoms with Gasteiger partial charge in [-0.3, -0.25) is 23.9 Å². The molecule has 2 N–H and O–H groups in total. The quantitative estimate of drug-likeness (QED) is 0.291. The van der Waals surface area contributed by atoms with Gasteiger partial charge in [0.25, 0.3) is 0 Å². The molecule has 1 saturated heterocycles. The molecule has 254 valence electrons. The molecule has 49 heavy (non-hydrogen) atoms. The van der Waals surface area contributed by atoms with Gasteiger partial charge in [0.2, 0.25) is 17.7 Å². The van der Waals surface area contributed by atoms with E-state index < -0.39 is 6.04 Å². The van der Waals surface area contributed by atoms with Crippen LogP contribution in [0, 0.1) is 12.3 Å². The molecule has 0 radical (unpaired) electrons. The van der Waals surface area contributed by atoms with Crippen LogP contribution in [0.2, 0.25) is 0 Å². The molecule has 1 saturated carbocycles. The van der Waals surface area contributed by atoms with Crippen LogP contribution >= 0.6 is 0 Å². The van der Waals surface area contributed by atoms with E-state index in [-0.39, 0.29) is 47.5 Å². The average molecular weight is 662 g/mol. The summed E-state index contributed by atoms with van der Waals surface area (Å²) < 4.78 is 1.67. The third-order valence-corrected chi connectivity index (χ3v) is 10.6. The highest BCUT2D eigenvalue weighted by atomic mass is 16.2. The van der Waals surface area contributed by atoms with Crippen molar-refractivity contribution in [3.05, 3.63) is 77.5 Å². The van der Waals surface area contributed by atoms with Gasteiger partial charge in [0, 0.05) is 54.7 Å². The first-order chi connectivity index (χ1) is 23.6. The summed E-state index contributed by atoms with van der Waals surface area (Å²) in [5.41, 5.74) is 4.40. The number of carbonyl (C=O) groups excluding carboxylic acids is 4. The van der Waals surface area contributed by atoms with Crippen molar-refractivity contribution < 1.29 is 19.2 Å². The highest BCUT2D eigenvalue weighted by Crippen LogP contribution is 2.59. The number of amides is 3. The summed E-state index contributed by atoms with van der Waals surface area (Å²) in [6, 6.07) is 12.7. The molecule has 3 aliphatic rings. The number of aromatic nitrogens is 4. The van der Waals surface area contributed by atoms with E-state index in [1.807, 2.05) is 50.2 Å². The molecule has 3 amide bonds. The third kappa shape index (κ3) is 6.46. The summed E-state index contributed by atoms with van der Waals surface area (Å²) in [5, 5.41) is 11.7. The van der Waals surface area contributed by atoms with Crippen LogP contribution in [-0.4, -0.2) is 66.8 Å². The molecule has 0 spiro atoms. The molecule has 7 rings (SSSR count). The van der Waals surface area contributed by atoms with Gasteiger partial charge in [-0.2, -0.15) is 5.10 Å². The van der Waals surface area contributed by atoms with Gasteiger partial charge >= 0.3 is 0 Å². The number of Topliss-reactive ketones (excluding diaryl/α,β-unsaturated/α-hetero) is 1. The SMILES string of the molecule is CC(=O)c1nn2c3c(cc(-c4cnc(C)nc4)cc13)CCCCCCC(=O)NC[C@@]13C[C@@H](C(=O)N[C@@H](C)c4ccccc4)N(C(=O)C2)[C@@H]1C3. The van der Waals surface area contributed by atoms with Gasteiger partial charge in [-0.15, -0.1) is 0 Å². The van der Waals surface area contributed by atoms with Crippen LogP contribution in [-0.2, 0) is 27.3 Å². The third-order valence-electron chi connectivity index (χ3n) is 10.6. The smallest absolute Gasteiger partial charge is 0.245 e. The Labute approximate surface area is 285 Å². The molecule has 2 bridgehead atoms. The van der Waals surface area contributed by atoms with Crippen molar-refractivity contribution in [1.82, 2.24) is 35.3 Å². The lowest BCUT2D eigenvalue weighted by Gasteiger charge is -2.28. The van der Waals surface area contributed by atoms with Gasteiger partial charge in [-0.25, -0.2) is 9.97 Å². The summed E-state index contributed by atoms with van der Waals surface area (Å²) in [4.78, 5) is 64.7. The normalized spacial score (nSPS) is 23.4. The Bertz CT molecular complexity index is 1920. The lowest BCUT2D eigenvalue weighted by molar-refractivity contribution is -0.140. The maximum Gasteiger partial charge on any atom is 0.245 e. The fourth-order valence-electron chi connectivity index (χ4n) is 7.81. The molecular formula is C38H43N7O4. The fraction of sp³-hybridized carbons (Fsp3) is 0.447. The number of nitrogens with one attached hydrogen (secondary N) is 2. The molecule has 4 heterocycles. The molecule has 0 unspecified atom stereocenters. The molecule has 11 nitrogen and oxygen atoms in total. The molecule has 4 aromatic rings. The van der Waals surface area contributed by atoms with Crippen molar-refractivity contribution in [2.45, 2.75) is 96.8 Å². The minimum atomic E-state index is -0.685. The van der Waals surface area contributed by atoms with E-state index in [0.717, 1.165) is 59.9 Å². The second-order valence-corrected chi connectivity index (χ2v) is 14.0. The second-order valence-electron chi connectivity index (χ2n) is 14.0. The van der Waals surface area contributed by atoms with Crippen LogP contribution < -0.4 is 10.6 Å². The van der Waals surface area contributed by atoms with E-state index in [1.165, 1.54) is 6.92 Å².